The summed E-state index contributed by atoms with van der Waals surface area (Å²) >= 11 is 5.79. The molecule has 0 spiro atoms. The summed E-state index contributed by atoms with van der Waals surface area (Å²) in [6, 6.07) is 13.9. The minimum atomic E-state index is -0.253. The number of nitrogens with zero attached hydrogens (tertiary/aromatic N) is 4. The van der Waals surface area contributed by atoms with Gasteiger partial charge in [0.05, 0.1) is 5.69 Å². The van der Waals surface area contributed by atoms with Crippen LogP contribution in [-0.2, 0) is 4.79 Å². The molecule has 0 bridgehead atoms. The molecule has 0 saturated heterocycles. The molecule has 3 rings (SSSR count). The molecule has 0 aliphatic heterocycles. The van der Waals surface area contributed by atoms with E-state index in [0.29, 0.717) is 16.5 Å². The summed E-state index contributed by atoms with van der Waals surface area (Å²) in [7, 11) is 0. The second-order valence-corrected chi connectivity index (χ2v) is 5.03. The molecule has 3 aromatic rings. The number of hydrogen-bond donors (Lipinski definition) is 1. The van der Waals surface area contributed by atoms with Gasteiger partial charge in [0.2, 0.25) is 0 Å². The lowest BCUT2D eigenvalue weighted by atomic mass is 10.3. The Balaban J connectivity index is 1.53. The minimum absolute atomic E-state index is 0.0904. The van der Waals surface area contributed by atoms with Crippen LogP contribution in [0.5, 0.6) is 5.75 Å². The molecule has 0 saturated carbocycles. The third-order valence-electron chi connectivity index (χ3n) is 2.95. The first kappa shape index (κ1) is 15.0. The normalized spacial score (nSPS) is 10.3. The molecule has 0 aliphatic rings. The molecule has 0 unspecified atom stereocenters. The summed E-state index contributed by atoms with van der Waals surface area (Å²) in [6.45, 7) is -0.0904. The largest absolute Gasteiger partial charge is 0.484 e. The van der Waals surface area contributed by atoms with E-state index in [2.05, 4.69) is 20.8 Å². The summed E-state index contributed by atoms with van der Waals surface area (Å²) in [5.41, 5.74) is 1.46. The van der Waals surface area contributed by atoms with Gasteiger partial charge in [0.15, 0.2) is 6.61 Å². The molecule has 1 heterocycles. The van der Waals surface area contributed by atoms with Crippen molar-refractivity contribution in [3.63, 3.8) is 0 Å². The molecule has 116 valence electrons. The molecular formula is C15H12ClN5O2. The molecule has 0 radical (unpaired) electrons. The Kier molecular flexibility index (Phi) is 4.49. The standard InChI is InChI=1S/C15H12ClN5O2/c16-11-1-3-12(4-2-11)18-15(22)9-23-14-7-5-13(6-8-14)21-10-17-19-20-21/h1-8,10H,9H2,(H,18,22). The minimum Gasteiger partial charge on any atom is -0.484 e. The van der Waals surface area contributed by atoms with E-state index in [1.54, 1.807) is 48.5 Å². The van der Waals surface area contributed by atoms with Gasteiger partial charge in [0.25, 0.3) is 5.91 Å². The number of aromatic nitrogens is 4. The molecule has 1 amide bonds. The summed E-state index contributed by atoms with van der Waals surface area (Å²) < 4.78 is 6.96. The second-order valence-electron chi connectivity index (χ2n) is 4.59. The molecule has 1 aromatic heterocycles. The number of tetrazole rings is 1. The zero-order valence-electron chi connectivity index (χ0n) is 11.9. The van der Waals surface area contributed by atoms with Crippen molar-refractivity contribution in [1.29, 1.82) is 0 Å². The first-order chi connectivity index (χ1) is 11.2. The Morgan fingerprint density at radius 1 is 1.13 bits per heavy atom. The number of benzene rings is 2. The van der Waals surface area contributed by atoms with E-state index in [9.17, 15) is 4.79 Å². The highest BCUT2D eigenvalue weighted by atomic mass is 35.5. The third-order valence-corrected chi connectivity index (χ3v) is 3.20. The van der Waals surface area contributed by atoms with Gasteiger partial charge in [-0.15, -0.1) is 5.10 Å². The van der Waals surface area contributed by atoms with Crippen molar-refractivity contribution in [2.45, 2.75) is 0 Å². The van der Waals surface area contributed by atoms with Crippen molar-refractivity contribution in [2.75, 3.05) is 11.9 Å². The Labute approximate surface area is 136 Å². The van der Waals surface area contributed by atoms with Crippen molar-refractivity contribution < 1.29 is 9.53 Å². The number of hydrogen-bond acceptors (Lipinski definition) is 5. The molecule has 0 atom stereocenters. The predicted octanol–water partition coefficient (Wildman–Crippen LogP) is 2.33. The fourth-order valence-electron chi connectivity index (χ4n) is 1.85. The predicted molar refractivity (Wildman–Crippen MR) is 84.7 cm³/mol. The monoisotopic (exact) mass is 329 g/mol. The molecule has 0 aliphatic carbocycles. The van der Waals surface area contributed by atoms with Crippen LogP contribution in [0.4, 0.5) is 5.69 Å². The van der Waals surface area contributed by atoms with Crippen LogP contribution >= 0.6 is 11.6 Å². The zero-order chi connectivity index (χ0) is 16.1. The number of carbonyl (C=O) groups is 1. The van der Waals surface area contributed by atoms with Crippen molar-refractivity contribution in [2.24, 2.45) is 0 Å². The molecule has 0 fully saturated rings. The maximum absolute atomic E-state index is 11.8. The van der Waals surface area contributed by atoms with Crippen LogP contribution in [0.3, 0.4) is 0 Å². The fourth-order valence-corrected chi connectivity index (χ4v) is 1.98. The molecule has 23 heavy (non-hydrogen) atoms. The molecular weight excluding hydrogens is 318 g/mol. The number of carbonyl (C=O) groups excluding carboxylic acids is 1. The lowest BCUT2D eigenvalue weighted by molar-refractivity contribution is -0.118. The van der Waals surface area contributed by atoms with Crippen molar-refractivity contribution in [3.8, 4) is 11.4 Å². The van der Waals surface area contributed by atoms with E-state index < -0.39 is 0 Å². The lowest BCUT2D eigenvalue weighted by Crippen LogP contribution is -2.20. The lowest BCUT2D eigenvalue weighted by Gasteiger charge is -2.08. The number of amides is 1. The first-order valence-corrected chi connectivity index (χ1v) is 7.10. The Bertz CT molecular complexity index is 773. The first-order valence-electron chi connectivity index (χ1n) is 6.72. The number of nitrogens with one attached hydrogen (secondary N) is 1. The molecule has 8 heteroatoms. The van der Waals surface area contributed by atoms with Crippen LogP contribution in [0.1, 0.15) is 0 Å². The van der Waals surface area contributed by atoms with E-state index in [1.165, 1.54) is 11.0 Å². The Morgan fingerprint density at radius 3 is 2.52 bits per heavy atom. The van der Waals surface area contributed by atoms with Crippen LogP contribution in [0, 0.1) is 0 Å². The highest BCUT2D eigenvalue weighted by Gasteiger charge is 2.04. The van der Waals surface area contributed by atoms with Crippen LogP contribution in [0.2, 0.25) is 5.02 Å². The number of halogens is 1. The van der Waals surface area contributed by atoms with Gasteiger partial charge in [0.1, 0.15) is 12.1 Å². The van der Waals surface area contributed by atoms with Crippen molar-refractivity contribution in [3.05, 3.63) is 59.9 Å². The topological polar surface area (TPSA) is 81.9 Å². The Morgan fingerprint density at radius 2 is 1.87 bits per heavy atom. The van der Waals surface area contributed by atoms with E-state index in [1.807, 2.05) is 0 Å². The summed E-state index contributed by atoms with van der Waals surface area (Å²) in [5, 5.41) is 14.2. The maximum Gasteiger partial charge on any atom is 0.262 e. The zero-order valence-corrected chi connectivity index (χ0v) is 12.6. The van der Waals surface area contributed by atoms with Crippen LogP contribution in [0.25, 0.3) is 5.69 Å². The number of rotatable bonds is 5. The van der Waals surface area contributed by atoms with Gasteiger partial charge in [-0.3, -0.25) is 4.79 Å². The van der Waals surface area contributed by atoms with Crippen LogP contribution in [-0.4, -0.2) is 32.7 Å². The molecule has 2 aromatic carbocycles. The van der Waals surface area contributed by atoms with Gasteiger partial charge in [0, 0.05) is 10.7 Å². The summed E-state index contributed by atoms with van der Waals surface area (Å²) in [6.07, 6.45) is 1.50. The summed E-state index contributed by atoms with van der Waals surface area (Å²) in [5.74, 6) is 0.324. The maximum atomic E-state index is 11.8. The SMILES string of the molecule is O=C(COc1ccc(-n2cnnn2)cc1)Nc1ccc(Cl)cc1. The van der Waals surface area contributed by atoms with E-state index in [0.717, 1.165) is 5.69 Å². The van der Waals surface area contributed by atoms with Gasteiger partial charge >= 0.3 is 0 Å². The van der Waals surface area contributed by atoms with Crippen molar-refractivity contribution in [1.82, 2.24) is 20.2 Å². The third kappa shape index (κ3) is 4.04. The van der Waals surface area contributed by atoms with Gasteiger partial charge in [-0.2, -0.15) is 0 Å². The van der Waals surface area contributed by atoms with Gasteiger partial charge in [-0.05, 0) is 59.0 Å². The van der Waals surface area contributed by atoms with E-state index in [4.69, 9.17) is 16.3 Å². The van der Waals surface area contributed by atoms with Crippen molar-refractivity contribution >= 4 is 23.2 Å². The average molecular weight is 330 g/mol. The quantitative estimate of drug-likeness (QED) is 0.777. The number of anilines is 1. The van der Waals surface area contributed by atoms with E-state index in [-0.39, 0.29) is 12.5 Å². The molecule has 1 N–H and O–H groups in total. The van der Waals surface area contributed by atoms with Crippen LogP contribution in [0.15, 0.2) is 54.9 Å². The fraction of sp³-hybridized carbons (Fsp3) is 0.0667. The Hall–Kier alpha value is -2.93. The van der Waals surface area contributed by atoms with Gasteiger partial charge < -0.3 is 10.1 Å². The van der Waals surface area contributed by atoms with Crippen LogP contribution < -0.4 is 10.1 Å². The average Bonchev–Trinajstić information content (AvgIpc) is 3.10. The highest BCUT2D eigenvalue weighted by Crippen LogP contribution is 2.15. The summed E-state index contributed by atoms with van der Waals surface area (Å²) in [4.78, 5) is 11.8. The van der Waals surface area contributed by atoms with Gasteiger partial charge in [-0.25, -0.2) is 4.68 Å². The smallest absolute Gasteiger partial charge is 0.262 e. The second kappa shape index (κ2) is 6.89. The molecule has 7 nitrogen and oxygen atoms in total. The number of ether oxygens (including phenoxy) is 1. The van der Waals surface area contributed by atoms with E-state index >= 15 is 0 Å². The van der Waals surface area contributed by atoms with Gasteiger partial charge in [-0.1, -0.05) is 11.6 Å². The highest BCUT2D eigenvalue weighted by molar-refractivity contribution is 6.30.